The van der Waals surface area contributed by atoms with Gasteiger partial charge in [0.05, 0.1) is 5.71 Å². The molecule has 0 fully saturated rings. The van der Waals surface area contributed by atoms with Crippen LogP contribution in [0.5, 0.6) is 0 Å². The van der Waals surface area contributed by atoms with Gasteiger partial charge in [-0.15, -0.1) is 11.8 Å². The summed E-state index contributed by atoms with van der Waals surface area (Å²) in [6.45, 7) is 8.04. The van der Waals surface area contributed by atoms with Crippen LogP contribution in [0, 0.1) is 0 Å². The minimum atomic E-state index is -0.198. The molecule has 2 nitrogen and oxygen atoms in total. The Morgan fingerprint density at radius 3 is 2.45 bits per heavy atom. The fraction of sp³-hybridized carbons (Fsp3) is 0.875. The molecule has 0 heterocycles. The molecule has 0 aromatic heterocycles. The molecule has 3 heteroatoms. The van der Waals surface area contributed by atoms with Gasteiger partial charge in [0, 0.05) is 0 Å². The SMILES string of the molecule is CC/C(C)=N/OC(C)(C)SC. The van der Waals surface area contributed by atoms with Crippen LogP contribution in [0.4, 0.5) is 0 Å². The van der Waals surface area contributed by atoms with Crippen molar-refractivity contribution in [1.29, 1.82) is 0 Å². The van der Waals surface area contributed by atoms with Crippen molar-refractivity contribution in [3.05, 3.63) is 0 Å². The number of rotatable bonds is 4. The monoisotopic (exact) mass is 175 g/mol. The zero-order chi connectivity index (χ0) is 8.91. The second kappa shape index (κ2) is 4.65. The molecule has 0 aliphatic heterocycles. The van der Waals surface area contributed by atoms with Crippen molar-refractivity contribution >= 4 is 17.5 Å². The summed E-state index contributed by atoms with van der Waals surface area (Å²) in [6.07, 6.45) is 2.96. The van der Waals surface area contributed by atoms with Crippen molar-refractivity contribution < 1.29 is 4.84 Å². The molecule has 0 atom stereocenters. The van der Waals surface area contributed by atoms with Gasteiger partial charge in [0.25, 0.3) is 0 Å². The van der Waals surface area contributed by atoms with Gasteiger partial charge >= 0.3 is 0 Å². The van der Waals surface area contributed by atoms with Crippen LogP contribution in [-0.4, -0.2) is 16.9 Å². The highest BCUT2D eigenvalue weighted by atomic mass is 32.2. The van der Waals surface area contributed by atoms with Crippen LogP contribution in [0.2, 0.25) is 0 Å². The summed E-state index contributed by atoms with van der Waals surface area (Å²) >= 11 is 1.65. The summed E-state index contributed by atoms with van der Waals surface area (Å²) in [4.78, 5) is 5.08. The van der Waals surface area contributed by atoms with Gasteiger partial charge in [-0.2, -0.15) is 0 Å². The van der Waals surface area contributed by atoms with Crippen molar-refractivity contribution in [3.8, 4) is 0 Å². The molecular formula is C8H17NOS. The second-order valence-corrected chi connectivity index (χ2v) is 4.27. The fourth-order valence-corrected chi connectivity index (χ4v) is 0.401. The van der Waals surface area contributed by atoms with Gasteiger partial charge in [-0.1, -0.05) is 12.1 Å². The number of nitrogens with zero attached hydrogens (tertiary/aromatic N) is 1. The van der Waals surface area contributed by atoms with Gasteiger partial charge in [-0.05, 0) is 33.4 Å². The molecule has 0 N–H and O–H groups in total. The standard InChI is InChI=1S/C8H17NOS/c1-6-7(2)9-10-8(3,4)11-5/h6H2,1-5H3/b9-7+. The predicted octanol–water partition coefficient (Wildman–Crippen LogP) is 2.89. The maximum atomic E-state index is 5.28. The summed E-state index contributed by atoms with van der Waals surface area (Å²) in [5, 5.41) is 3.98. The maximum absolute atomic E-state index is 5.28. The lowest BCUT2D eigenvalue weighted by Crippen LogP contribution is -2.16. The first-order valence-corrected chi connectivity index (χ1v) is 5.01. The van der Waals surface area contributed by atoms with Crippen LogP contribution in [-0.2, 0) is 4.84 Å². The molecule has 0 amide bonds. The van der Waals surface area contributed by atoms with E-state index in [4.69, 9.17) is 4.84 Å². The molecule has 0 saturated carbocycles. The highest BCUT2D eigenvalue weighted by molar-refractivity contribution is 7.99. The third kappa shape index (κ3) is 5.13. The van der Waals surface area contributed by atoms with E-state index < -0.39 is 0 Å². The fourth-order valence-electron chi connectivity index (χ4n) is 0.290. The first kappa shape index (κ1) is 10.8. The number of thioether (sulfide) groups is 1. The molecule has 66 valence electrons. The molecule has 0 radical (unpaired) electrons. The lowest BCUT2D eigenvalue weighted by Gasteiger charge is -2.19. The molecule has 11 heavy (non-hydrogen) atoms. The minimum Gasteiger partial charge on any atom is -0.379 e. The third-order valence-electron chi connectivity index (χ3n) is 1.42. The average molecular weight is 175 g/mol. The normalized spacial score (nSPS) is 13.4. The first-order valence-electron chi connectivity index (χ1n) is 3.78. The predicted molar refractivity (Wildman–Crippen MR) is 52.1 cm³/mol. The Balaban J connectivity index is 3.86. The zero-order valence-corrected chi connectivity index (χ0v) is 8.79. The van der Waals surface area contributed by atoms with Crippen LogP contribution < -0.4 is 0 Å². The van der Waals surface area contributed by atoms with Crippen LogP contribution in [0.1, 0.15) is 34.1 Å². The highest BCUT2D eigenvalue weighted by Gasteiger charge is 2.16. The molecule has 0 aromatic rings. The second-order valence-electron chi connectivity index (χ2n) is 2.88. The van der Waals surface area contributed by atoms with E-state index in [9.17, 15) is 0 Å². The smallest absolute Gasteiger partial charge is 0.177 e. The van der Waals surface area contributed by atoms with E-state index in [1.165, 1.54) is 0 Å². The molecule has 0 saturated heterocycles. The van der Waals surface area contributed by atoms with Gasteiger partial charge in [-0.3, -0.25) is 0 Å². The van der Waals surface area contributed by atoms with Gasteiger partial charge in [0.2, 0.25) is 0 Å². The van der Waals surface area contributed by atoms with Gasteiger partial charge in [0.1, 0.15) is 0 Å². The van der Waals surface area contributed by atoms with Crippen LogP contribution >= 0.6 is 11.8 Å². The Bertz CT molecular complexity index is 143. The Kier molecular flexibility index (Phi) is 4.57. The topological polar surface area (TPSA) is 21.6 Å². The van der Waals surface area contributed by atoms with E-state index in [1.807, 2.05) is 27.0 Å². The van der Waals surface area contributed by atoms with Crippen LogP contribution in [0.25, 0.3) is 0 Å². The van der Waals surface area contributed by atoms with E-state index in [1.54, 1.807) is 11.8 Å². The lowest BCUT2D eigenvalue weighted by molar-refractivity contribution is 0.0582. The summed E-state index contributed by atoms with van der Waals surface area (Å²) < 4.78 is 0. The molecule has 0 unspecified atom stereocenters. The van der Waals surface area contributed by atoms with E-state index >= 15 is 0 Å². The maximum Gasteiger partial charge on any atom is 0.177 e. The van der Waals surface area contributed by atoms with E-state index in [0.717, 1.165) is 12.1 Å². The summed E-state index contributed by atoms with van der Waals surface area (Å²) in [5.74, 6) is 0. The number of hydrogen-bond donors (Lipinski definition) is 0. The molecule has 0 bridgehead atoms. The van der Waals surface area contributed by atoms with Crippen molar-refractivity contribution in [3.63, 3.8) is 0 Å². The van der Waals surface area contributed by atoms with E-state index in [2.05, 4.69) is 12.1 Å². The largest absolute Gasteiger partial charge is 0.379 e. The molecule has 0 rings (SSSR count). The highest BCUT2D eigenvalue weighted by Crippen LogP contribution is 2.22. The molecule has 0 aromatic carbocycles. The molecular weight excluding hydrogens is 158 g/mol. The quantitative estimate of drug-likeness (QED) is 0.372. The van der Waals surface area contributed by atoms with Crippen LogP contribution in [0.3, 0.4) is 0 Å². The van der Waals surface area contributed by atoms with Crippen molar-refractivity contribution in [2.24, 2.45) is 5.16 Å². The van der Waals surface area contributed by atoms with Crippen molar-refractivity contribution in [1.82, 2.24) is 0 Å². The van der Waals surface area contributed by atoms with Crippen molar-refractivity contribution in [2.75, 3.05) is 6.26 Å². The Hall–Kier alpha value is -0.180. The summed E-state index contributed by atoms with van der Waals surface area (Å²) in [7, 11) is 0. The molecule has 0 aliphatic rings. The molecule has 0 spiro atoms. The van der Waals surface area contributed by atoms with Crippen molar-refractivity contribution in [2.45, 2.75) is 39.0 Å². The number of oxime groups is 1. The lowest BCUT2D eigenvalue weighted by atomic mass is 10.3. The third-order valence-corrected chi connectivity index (χ3v) is 2.48. The average Bonchev–Trinajstić information content (AvgIpc) is 2.00. The number of hydrogen-bond acceptors (Lipinski definition) is 3. The Morgan fingerprint density at radius 1 is 1.55 bits per heavy atom. The van der Waals surface area contributed by atoms with Gasteiger partial charge < -0.3 is 4.84 Å². The Labute approximate surface area is 73.4 Å². The summed E-state index contributed by atoms with van der Waals surface area (Å²) in [6, 6.07) is 0. The Morgan fingerprint density at radius 2 is 2.09 bits per heavy atom. The summed E-state index contributed by atoms with van der Waals surface area (Å²) in [5.41, 5.74) is 1.03. The zero-order valence-electron chi connectivity index (χ0n) is 7.97. The van der Waals surface area contributed by atoms with Crippen LogP contribution in [0.15, 0.2) is 5.16 Å². The van der Waals surface area contributed by atoms with E-state index in [0.29, 0.717) is 0 Å². The molecule has 0 aliphatic carbocycles. The van der Waals surface area contributed by atoms with Gasteiger partial charge in [-0.25, -0.2) is 0 Å². The van der Waals surface area contributed by atoms with Gasteiger partial charge in [0.15, 0.2) is 4.93 Å². The van der Waals surface area contributed by atoms with E-state index in [-0.39, 0.29) is 4.93 Å². The minimum absolute atomic E-state index is 0.198. The first-order chi connectivity index (χ1) is 5.02.